The average Bonchev–Trinajstić information content (AvgIpc) is 3.14. The van der Waals surface area contributed by atoms with E-state index in [1.807, 2.05) is 13.8 Å². The van der Waals surface area contributed by atoms with E-state index in [1.54, 1.807) is 36.4 Å². The molecule has 0 unspecified atom stereocenters. The second kappa shape index (κ2) is 6.56. The van der Waals surface area contributed by atoms with Gasteiger partial charge in [-0.2, -0.15) is 0 Å². The maximum Gasteiger partial charge on any atom is 0.269 e. The Morgan fingerprint density at radius 1 is 0.815 bits per heavy atom. The Hall–Kier alpha value is -3.68. The van der Waals surface area contributed by atoms with E-state index in [9.17, 15) is 9.59 Å². The molecule has 136 valence electrons. The summed E-state index contributed by atoms with van der Waals surface area (Å²) in [6.45, 7) is 3.87. The van der Waals surface area contributed by atoms with Crippen LogP contribution in [0.2, 0.25) is 0 Å². The number of aryl methyl sites for hydroxylation is 2. The number of benzene rings is 2. The number of hydrazine groups is 1. The van der Waals surface area contributed by atoms with Gasteiger partial charge in [0.25, 0.3) is 11.8 Å². The Morgan fingerprint density at radius 2 is 1.41 bits per heavy atom. The van der Waals surface area contributed by atoms with Crippen molar-refractivity contribution in [1.29, 1.82) is 0 Å². The van der Waals surface area contributed by atoms with Gasteiger partial charge in [0.2, 0.25) is 6.79 Å². The van der Waals surface area contributed by atoms with E-state index in [0.717, 1.165) is 11.4 Å². The van der Waals surface area contributed by atoms with E-state index in [1.165, 1.54) is 0 Å². The first-order valence-electron chi connectivity index (χ1n) is 8.26. The number of nitrogens with one attached hydrogen (secondary N) is 2. The molecule has 2 aromatic carbocycles. The molecule has 2 N–H and O–H groups in total. The highest BCUT2D eigenvalue weighted by atomic mass is 16.7. The second-order valence-corrected chi connectivity index (χ2v) is 6.07. The topological polar surface area (TPSA) is 102 Å². The van der Waals surface area contributed by atoms with Gasteiger partial charge in [0.1, 0.15) is 0 Å². The minimum absolute atomic E-state index is 0.126. The van der Waals surface area contributed by atoms with Crippen LogP contribution < -0.4 is 20.3 Å². The minimum Gasteiger partial charge on any atom is -0.454 e. The average molecular weight is 364 g/mol. The Kier molecular flexibility index (Phi) is 4.08. The van der Waals surface area contributed by atoms with Crippen molar-refractivity contribution < 1.29 is 19.1 Å². The first kappa shape index (κ1) is 16.8. The van der Waals surface area contributed by atoms with E-state index < -0.39 is 11.8 Å². The summed E-state index contributed by atoms with van der Waals surface area (Å²) >= 11 is 0. The number of carbonyl (C=O) groups is 2. The summed E-state index contributed by atoms with van der Waals surface area (Å²) in [7, 11) is 0. The zero-order chi connectivity index (χ0) is 19.0. The Bertz CT molecular complexity index is 1080. The molecule has 0 atom stereocenters. The fraction of sp³-hybridized carbons (Fsp3) is 0.158. The van der Waals surface area contributed by atoms with Crippen molar-refractivity contribution in [3.63, 3.8) is 0 Å². The van der Waals surface area contributed by atoms with E-state index in [-0.39, 0.29) is 6.79 Å². The number of carbonyl (C=O) groups excluding carboxylic acids is 2. The van der Waals surface area contributed by atoms with Gasteiger partial charge in [-0.3, -0.25) is 20.4 Å². The van der Waals surface area contributed by atoms with Gasteiger partial charge in [-0.05, 0) is 50.2 Å². The van der Waals surface area contributed by atoms with E-state index in [2.05, 4.69) is 20.8 Å². The molecule has 8 nitrogen and oxygen atoms in total. The predicted molar refractivity (Wildman–Crippen MR) is 96.5 cm³/mol. The van der Waals surface area contributed by atoms with Gasteiger partial charge < -0.3 is 9.47 Å². The van der Waals surface area contributed by atoms with Gasteiger partial charge in [0.15, 0.2) is 11.5 Å². The lowest BCUT2D eigenvalue weighted by Gasteiger charge is -2.09. The number of nitrogens with zero attached hydrogens (tertiary/aromatic N) is 2. The zero-order valence-corrected chi connectivity index (χ0v) is 14.7. The number of fused-ring (bicyclic) bond motifs is 2. The van der Waals surface area contributed by atoms with Gasteiger partial charge in [-0.15, -0.1) is 0 Å². The van der Waals surface area contributed by atoms with Crippen molar-refractivity contribution in [2.24, 2.45) is 0 Å². The third-order valence-corrected chi connectivity index (χ3v) is 4.26. The summed E-state index contributed by atoms with van der Waals surface area (Å²) in [5, 5.41) is 0. The molecule has 27 heavy (non-hydrogen) atoms. The summed E-state index contributed by atoms with van der Waals surface area (Å²) in [5.41, 5.74) is 8.46. The number of rotatable bonds is 2. The number of ether oxygens (including phenoxy) is 2. The Morgan fingerprint density at radius 3 is 2.15 bits per heavy atom. The van der Waals surface area contributed by atoms with Crippen molar-refractivity contribution in [2.45, 2.75) is 13.8 Å². The van der Waals surface area contributed by atoms with Gasteiger partial charge in [0, 0.05) is 11.1 Å². The molecule has 0 bridgehead atoms. The van der Waals surface area contributed by atoms with Crippen LogP contribution in [-0.4, -0.2) is 28.6 Å². The van der Waals surface area contributed by atoms with Crippen molar-refractivity contribution >= 4 is 22.8 Å². The molecule has 2 heterocycles. The molecule has 3 aromatic rings. The highest BCUT2D eigenvalue weighted by Crippen LogP contribution is 2.32. The third kappa shape index (κ3) is 3.24. The molecule has 1 aliphatic heterocycles. The molecule has 0 spiro atoms. The molecule has 1 aliphatic rings. The minimum atomic E-state index is -0.464. The zero-order valence-electron chi connectivity index (χ0n) is 14.7. The first-order valence-corrected chi connectivity index (χ1v) is 8.26. The molecule has 1 aromatic heterocycles. The van der Waals surface area contributed by atoms with E-state index >= 15 is 0 Å². The highest BCUT2D eigenvalue weighted by Gasteiger charge is 2.17. The number of hydrogen-bond donors (Lipinski definition) is 2. The largest absolute Gasteiger partial charge is 0.454 e. The molecule has 2 amide bonds. The maximum absolute atomic E-state index is 12.3. The molecular formula is C19H16N4O4. The van der Waals surface area contributed by atoms with Gasteiger partial charge in [-0.1, -0.05) is 0 Å². The third-order valence-electron chi connectivity index (χ3n) is 4.26. The summed E-state index contributed by atoms with van der Waals surface area (Å²) < 4.78 is 10.4. The molecular weight excluding hydrogens is 348 g/mol. The van der Waals surface area contributed by atoms with Crippen LogP contribution in [0.1, 0.15) is 32.1 Å². The molecule has 8 heteroatoms. The van der Waals surface area contributed by atoms with Crippen molar-refractivity contribution in [2.75, 3.05) is 6.79 Å². The number of amides is 2. The summed E-state index contributed by atoms with van der Waals surface area (Å²) in [6, 6.07) is 9.78. The summed E-state index contributed by atoms with van der Waals surface area (Å²) in [6.07, 6.45) is 0. The molecule has 0 fully saturated rings. The molecule has 0 saturated heterocycles. The van der Waals surface area contributed by atoms with Crippen LogP contribution >= 0.6 is 0 Å². The normalized spacial score (nSPS) is 12.1. The van der Waals surface area contributed by atoms with Crippen molar-refractivity contribution in [1.82, 2.24) is 20.8 Å². The van der Waals surface area contributed by atoms with Gasteiger partial charge >= 0.3 is 0 Å². The number of hydrogen-bond acceptors (Lipinski definition) is 6. The predicted octanol–water partition coefficient (Wildman–Crippen LogP) is 2.05. The van der Waals surface area contributed by atoms with Crippen LogP contribution in [0, 0.1) is 13.8 Å². The Balaban J connectivity index is 1.46. The van der Waals surface area contributed by atoms with E-state index in [0.29, 0.717) is 33.7 Å². The maximum atomic E-state index is 12.3. The monoisotopic (exact) mass is 364 g/mol. The van der Waals surface area contributed by atoms with Crippen LogP contribution in [0.3, 0.4) is 0 Å². The lowest BCUT2D eigenvalue weighted by molar-refractivity contribution is 0.0846. The molecule has 0 radical (unpaired) electrons. The smallest absolute Gasteiger partial charge is 0.269 e. The lowest BCUT2D eigenvalue weighted by atomic mass is 10.1. The van der Waals surface area contributed by atoms with E-state index in [4.69, 9.17) is 9.47 Å². The molecule has 4 rings (SSSR count). The number of aromatic nitrogens is 2. The van der Waals surface area contributed by atoms with Crippen LogP contribution in [0.25, 0.3) is 11.0 Å². The van der Waals surface area contributed by atoms with Crippen LogP contribution in [0.5, 0.6) is 11.5 Å². The Labute approximate surface area is 154 Å². The standard InChI is InChI=1S/C19H16N4O4/c1-10-11(2)21-15-7-12(3-5-14(15)20-10)18(24)22-23-19(25)13-4-6-16-17(8-13)27-9-26-16/h3-8H,9H2,1-2H3,(H,22,24)(H,23,25). The lowest BCUT2D eigenvalue weighted by Crippen LogP contribution is -2.41. The summed E-state index contributed by atoms with van der Waals surface area (Å²) in [4.78, 5) is 33.4. The fourth-order valence-corrected chi connectivity index (χ4v) is 2.67. The van der Waals surface area contributed by atoms with Crippen molar-refractivity contribution in [3.05, 3.63) is 58.9 Å². The fourth-order valence-electron chi connectivity index (χ4n) is 2.67. The second-order valence-electron chi connectivity index (χ2n) is 6.07. The van der Waals surface area contributed by atoms with Crippen LogP contribution in [0.4, 0.5) is 0 Å². The SMILES string of the molecule is Cc1nc2ccc(C(=O)NNC(=O)c3ccc4c(c3)OCO4)cc2nc1C. The van der Waals surface area contributed by atoms with Gasteiger partial charge in [0.05, 0.1) is 22.4 Å². The van der Waals surface area contributed by atoms with Crippen LogP contribution in [-0.2, 0) is 0 Å². The van der Waals surface area contributed by atoms with Crippen molar-refractivity contribution in [3.8, 4) is 11.5 Å². The summed E-state index contributed by atoms with van der Waals surface area (Å²) in [5.74, 6) is 0.158. The molecule has 0 saturated carbocycles. The quantitative estimate of drug-likeness (QED) is 0.675. The molecule has 0 aliphatic carbocycles. The first-order chi connectivity index (χ1) is 13.0. The highest BCUT2D eigenvalue weighted by molar-refractivity contribution is 6.00. The van der Waals surface area contributed by atoms with Gasteiger partial charge in [-0.25, -0.2) is 9.97 Å². The van der Waals surface area contributed by atoms with Crippen LogP contribution in [0.15, 0.2) is 36.4 Å².